The van der Waals surface area contributed by atoms with Gasteiger partial charge in [0.05, 0.1) is 5.56 Å². The van der Waals surface area contributed by atoms with Crippen LogP contribution in [0, 0.1) is 5.92 Å². The largest absolute Gasteiger partial charge is 0.478 e. The number of aromatic carboxylic acids is 1. The van der Waals surface area contributed by atoms with Crippen molar-refractivity contribution >= 4 is 5.97 Å². The van der Waals surface area contributed by atoms with Crippen molar-refractivity contribution in [1.82, 2.24) is 4.90 Å². The number of carboxylic acid groups (broad SMARTS) is 1. The van der Waals surface area contributed by atoms with E-state index in [4.69, 9.17) is 5.11 Å². The molecule has 1 N–H and O–H groups in total. The van der Waals surface area contributed by atoms with Gasteiger partial charge in [-0.15, -0.1) is 0 Å². The molecule has 1 aromatic rings. The molecule has 1 aliphatic heterocycles. The summed E-state index contributed by atoms with van der Waals surface area (Å²) >= 11 is 0. The molecule has 3 nitrogen and oxygen atoms in total. The fourth-order valence-electron chi connectivity index (χ4n) is 3.96. The highest BCUT2D eigenvalue weighted by molar-refractivity contribution is 5.87. The first-order valence-corrected chi connectivity index (χ1v) is 7.80. The topological polar surface area (TPSA) is 40.5 Å². The number of fused-ring (bicyclic) bond motifs is 1. The summed E-state index contributed by atoms with van der Waals surface area (Å²) in [5, 5.41) is 9.09. The van der Waals surface area contributed by atoms with Gasteiger partial charge in [-0.25, -0.2) is 4.79 Å². The number of carboxylic acids is 1. The van der Waals surface area contributed by atoms with Gasteiger partial charge in [-0.05, 0) is 55.8 Å². The van der Waals surface area contributed by atoms with Gasteiger partial charge >= 0.3 is 5.97 Å². The lowest BCUT2D eigenvalue weighted by Crippen LogP contribution is -2.46. The number of piperidine rings is 1. The molecule has 0 radical (unpaired) electrons. The Morgan fingerprint density at radius 2 is 2.00 bits per heavy atom. The van der Waals surface area contributed by atoms with Gasteiger partial charge in [0.15, 0.2) is 0 Å². The van der Waals surface area contributed by atoms with Crippen molar-refractivity contribution in [3.05, 3.63) is 35.4 Å². The average Bonchev–Trinajstić information content (AvgIpc) is 2.48. The summed E-state index contributed by atoms with van der Waals surface area (Å²) in [6.45, 7) is 2.07. The van der Waals surface area contributed by atoms with Crippen LogP contribution < -0.4 is 0 Å². The average molecular weight is 273 g/mol. The van der Waals surface area contributed by atoms with E-state index in [1.165, 1.54) is 45.1 Å². The van der Waals surface area contributed by atoms with Crippen molar-refractivity contribution in [1.29, 1.82) is 0 Å². The molecule has 2 aliphatic rings. The molecule has 1 saturated carbocycles. The first kappa shape index (κ1) is 13.6. The molecule has 0 bridgehead atoms. The van der Waals surface area contributed by atoms with Gasteiger partial charge in [0, 0.05) is 12.6 Å². The van der Waals surface area contributed by atoms with E-state index in [1.54, 1.807) is 6.07 Å². The molecule has 0 spiro atoms. The number of rotatable bonds is 3. The second kappa shape index (κ2) is 5.96. The molecule has 2 fully saturated rings. The van der Waals surface area contributed by atoms with Gasteiger partial charge in [-0.2, -0.15) is 0 Å². The minimum absolute atomic E-state index is 0.403. The molecule has 3 rings (SSSR count). The van der Waals surface area contributed by atoms with E-state index in [-0.39, 0.29) is 0 Å². The van der Waals surface area contributed by atoms with Crippen LogP contribution in [0.1, 0.15) is 54.4 Å². The lowest BCUT2D eigenvalue weighted by molar-refractivity contribution is 0.0546. The van der Waals surface area contributed by atoms with Crippen LogP contribution in [0.4, 0.5) is 0 Å². The summed E-state index contributed by atoms with van der Waals surface area (Å²) < 4.78 is 0. The zero-order valence-electron chi connectivity index (χ0n) is 11.9. The van der Waals surface area contributed by atoms with Crippen molar-refractivity contribution in [2.75, 3.05) is 6.54 Å². The number of hydrogen-bond acceptors (Lipinski definition) is 2. The van der Waals surface area contributed by atoms with Gasteiger partial charge in [0.1, 0.15) is 0 Å². The Bertz CT molecular complexity index is 484. The zero-order valence-corrected chi connectivity index (χ0v) is 11.9. The van der Waals surface area contributed by atoms with E-state index in [0.29, 0.717) is 5.56 Å². The Morgan fingerprint density at radius 3 is 2.85 bits per heavy atom. The number of likely N-dealkylation sites (tertiary alicyclic amines) is 1. The first-order chi connectivity index (χ1) is 9.74. The van der Waals surface area contributed by atoms with Gasteiger partial charge in [-0.1, -0.05) is 25.0 Å². The molecule has 20 heavy (non-hydrogen) atoms. The maximum atomic E-state index is 11.1. The van der Waals surface area contributed by atoms with E-state index >= 15 is 0 Å². The van der Waals surface area contributed by atoms with Crippen molar-refractivity contribution in [3.8, 4) is 0 Å². The van der Waals surface area contributed by atoms with E-state index in [0.717, 1.165) is 24.1 Å². The maximum Gasteiger partial charge on any atom is 0.335 e. The predicted molar refractivity (Wildman–Crippen MR) is 78.8 cm³/mol. The molecule has 1 aliphatic carbocycles. The summed E-state index contributed by atoms with van der Waals surface area (Å²) in [7, 11) is 0. The van der Waals surface area contributed by atoms with Crippen molar-refractivity contribution in [2.24, 2.45) is 5.92 Å². The van der Waals surface area contributed by atoms with Crippen LogP contribution in [0.25, 0.3) is 0 Å². The Balaban J connectivity index is 1.72. The van der Waals surface area contributed by atoms with Crippen LogP contribution >= 0.6 is 0 Å². The predicted octanol–water partition coefficient (Wildman–Crippen LogP) is 3.54. The summed E-state index contributed by atoms with van der Waals surface area (Å²) in [4.78, 5) is 13.7. The van der Waals surface area contributed by atoms with Gasteiger partial charge in [0.2, 0.25) is 0 Å². The van der Waals surface area contributed by atoms with Crippen molar-refractivity contribution < 1.29 is 9.90 Å². The molecule has 2 unspecified atom stereocenters. The summed E-state index contributed by atoms with van der Waals surface area (Å²) in [6, 6.07) is 8.14. The monoisotopic (exact) mass is 273 g/mol. The highest BCUT2D eigenvalue weighted by Crippen LogP contribution is 2.35. The molecule has 1 heterocycles. The molecular weight excluding hydrogens is 250 g/mol. The normalized spacial score (nSPS) is 27.0. The number of nitrogens with zero attached hydrogens (tertiary/aromatic N) is 1. The van der Waals surface area contributed by atoms with Gasteiger partial charge in [-0.3, -0.25) is 4.90 Å². The Kier molecular flexibility index (Phi) is 4.06. The highest BCUT2D eigenvalue weighted by Gasteiger charge is 2.32. The fourth-order valence-corrected chi connectivity index (χ4v) is 3.96. The van der Waals surface area contributed by atoms with Crippen LogP contribution in [0.2, 0.25) is 0 Å². The van der Waals surface area contributed by atoms with E-state index in [9.17, 15) is 4.79 Å². The quantitative estimate of drug-likeness (QED) is 0.915. The second-order valence-electron chi connectivity index (χ2n) is 6.23. The third-order valence-electron chi connectivity index (χ3n) is 4.92. The van der Waals surface area contributed by atoms with Crippen molar-refractivity contribution in [3.63, 3.8) is 0 Å². The number of benzene rings is 1. The van der Waals surface area contributed by atoms with Crippen LogP contribution in [-0.2, 0) is 6.54 Å². The third-order valence-corrected chi connectivity index (χ3v) is 4.92. The summed E-state index contributed by atoms with van der Waals surface area (Å²) in [6.07, 6.45) is 8.13. The Labute approximate surface area is 120 Å². The minimum Gasteiger partial charge on any atom is -0.478 e. The molecule has 108 valence electrons. The highest BCUT2D eigenvalue weighted by atomic mass is 16.4. The molecule has 0 amide bonds. The SMILES string of the molecule is O=C(O)c1cccc(CN2CCCC3CCCCC32)c1. The number of hydrogen-bond donors (Lipinski definition) is 1. The first-order valence-electron chi connectivity index (χ1n) is 7.80. The third kappa shape index (κ3) is 2.88. The van der Waals surface area contributed by atoms with Crippen LogP contribution in [-0.4, -0.2) is 28.6 Å². The summed E-state index contributed by atoms with van der Waals surface area (Å²) in [5.74, 6) is 0.0428. The van der Waals surface area contributed by atoms with Gasteiger partial charge in [0.25, 0.3) is 0 Å². The Morgan fingerprint density at radius 1 is 1.20 bits per heavy atom. The molecule has 1 aromatic carbocycles. The molecular formula is C17H23NO2. The molecule has 1 saturated heterocycles. The van der Waals surface area contributed by atoms with E-state index < -0.39 is 5.97 Å². The summed E-state index contributed by atoms with van der Waals surface area (Å²) in [5.41, 5.74) is 1.54. The van der Waals surface area contributed by atoms with Crippen LogP contribution in [0.3, 0.4) is 0 Å². The zero-order chi connectivity index (χ0) is 13.9. The minimum atomic E-state index is -0.832. The van der Waals surface area contributed by atoms with Crippen molar-refractivity contribution in [2.45, 2.75) is 51.1 Å². The maximum absolute atomic E-state index is 11.1. The van der Waals surface area contributed by atoms with Gasteiger partial charge < -0.3 is 5.11 Å². The van der Waals surface area contributed by atoms with E-state index in [2.05, 4.69) is 11.0 Å². The lowest BCUT2D eigenvalue weighted by Gasteiger charge is -2.44. The second-order valence-corrected chi connectivity index (χ2v) is 6.23. The molecule has 0 aromatic heterocycles. The number of carbonyl (C=O) groups is 1. The lowest BCUT2D eigenvalue weighted by atomic mass is 9.78. The van der Waals surface area contributed by atoms with Crippen LogP contribution in [0.5, 0.6) is 0 Å². The standard InChI is InChI=1S/C17H23NO2/c19-17(20)15-7-3-5-13(11-15)12-18-10-4-8-14-6-1-2-9-16(14)18/h3,5,7,11,14,16H,1-2,4,6,8-10,12H2,(H,19,20). The molecule has 3 heteroatoms. The van der Waals surface area contributed by atoms with E-state index in [1.807, 2.05) is 12.1 Å². The smallest absolute Gasteiger partial charge is 0.335 e. The van der Waals surface area contributed by atoms with Crippen LogP contribution in [0.15, 0.2) is 24.3 Å². The fraction of sp³-hybridized carbons (Fsp3) is 0.588. The molecule has 2 atom stereocenters. The Hall–Kier alpha value is -1.35.